The zero-order chi connectivity index (χ0) is 9.80. The first-order valence-corrected chi connectivity index (χ1v) is 4.67. The maximum absolute atomic E-state index is 9.57. The molecule has 2 rings (SSSR count). The van der Waals surface area contributed by atoms with Gasteiger partial charge in [-0.25, -0.2) is 0 Å². The van der Waals surface area contributed by atoms with Crippen molar-refractivity contribution in [3.8, 4) is 5.75 Å². The summed E-state index contributed by atoms with van der Waals surface area (Å²) in [5, 5.41) is 9.57. The van der Waals surface area contributed by atoms with Crippen LogP contribution in [0.5, 0.6) is 5.75 Å². The number of rotatable bonds is 2. The van der Waals surface area contributed by atoms with Gasteiger partial charge in [-0.05, 0) is 17.2 Å². The third-order valence-electron chi connectivity index (χ3n) is 2.23. The molecule has 0 aliphatic rings. The molecular formula is C13H13KO. The molecule has 0 aliphatic carbocycles. The number of phenolic OH excluding ortho intramolecular Hbond substituents is 1. The van der Waals surface area contributed by atoms with Gasteiger partial charge in [-0.3, -0.25) is 0 Å². The van der Waals surface area contributed by atoms with E-state index in [2.05, 4.69) is 12.1 Å². The standard InChI is InChI=1S/C13H12O.K.H/c14-13-9-5-4-8-12(13)10-11-6-2-1-3-7-11;;/h1-9,14H,10H2;;. The van der Waals surface area contributed by atoms with Gasteiger partial charge in [-0.1, -0.05) is 48.5 Å². The van der Waals surface area contributed by atoms with Gasteiger partial charge in [0.1, 0.15) is 5.75 Å². The quantitative estimate of drug-likeness (QED) is 0.776. The molecule has 1 N–H and O–H groups in total. The SMILES string of the molecule is Oc1ccccc1Cc1ccccc1.[KH]. The molecule has 0 amide bonds. The molecule has 0 unspecified atom stereocenters. The summed E-state index contributed by atoms with van der Waals surface area (Å²) in [7, 11) is 0. The monoisotopic (exact) mass is 224 g/mol. The Hall–Kier alpha value is -0.124. The predicted molar refractivity (Wildman–Crippen MR) is 64.5 cm³/mol. The van der Waals surface area contributed by atoms with Crippen LogP contribution >= 0.6 is 0 Å². The van der Waals surface area contributed by atoms with Crippen molar-refractivity contribution in [3.05, 3.63) is 65.7 Å². The summed E-state index contributed by atoms with van der Waals surface area (Å²) < 4.78 is 0. The molecule has 0 aliphatic heterocycles. The molecule has 0 radical (unpaired) electrons. The fraction of sp³-hybridized carbons (Fsp3) is 0.0769. The van der Waals surface area contributed by atoms with E-state index in [4.69, 9.17) is 0 Å². The Bertz CT molecular complexity index is 412. The molecule has 15 heavy (non-hydrogen) atoms. The van der Waals surface area contributed by atoms with Crippen molar-refractivity contribution in [2.45, 2.75) is 6.42 Å². The van der Waals surface area contributed by atoms with E-state index in [-0.39, 0.29) is 51.4 Å². The van der Waals surface area contributed by atoms with Gasteiger partial charge in [0.15, 0.2) is 0 Å². The Balaban J connectivity index is 0.00000112. The van der Waals surface area contributed by atoms with Gasteiger partial charge in [0, 0.05) is 6.42 Å². The maximum atomic E-state index is 9.57. The fourth-order valence-corrected chi connectivity index (χ4v) is 1.48. The van der Waals surface area contributed by atoms with Gasteiger partial charge >= 0.3 is 51.4 Å². The number of hydrogen-bond acceptors (Lipinski definition) is 1. The fourth-order valence-electron chi connectivity index (χ4n) is 1.48. The van der Waals surface area contributed by atoms with Crippen LogP contribution in [-0.2, 0) is 6.42 Å². The second-order valence-electron chi connectivity index (χ2n) is 3.29. The van der Waals surface area contributed by atoms with Crippen molar-refractivity contribution in [2.75, 3.05) is 0 Å². The zero-order valence-electron chi connectivity index (χ0n) is 7.85. The Labute approximate surface area is 133 Å². The van der Waals surface area contributed by atoms with Crippen LogP contribution in [0, 0.1) is 0 Å². The van der Waals surface area contributed by atoms with Gasteiger partial charge in [0.25, 0.3) is 0 Å². The molecule has 0 heterocycles. The number of aromatic hydroxyl groups is 1. The molecule has 2 aromatic carbocycles. The van der Waals surface area contributed by atoms with Crippen LogP contribution in [0.3, 0.4) is 0 Å². The summed E-state index contributed by atoms with van der Waals surface area (Å²) in [6, 6.07) is 17.6. The molecule has 1 nitrogen and oxygen atoms in total. The molecule has 2 aromatic rings. The van der Waals surface area contributed by atoms with Gasteiger partial charge in [0.2, 0.25) is 0 Å². The van der Waals surface area contributed by atoms with Crippen molar-refractivity contribution < 1.29 is 5.11 Å². The van der Waals surface area contributed by atoms with Crippen LogP contribution in [0.15, 0.2) is 54.6 Å². The molecule has 0 bridgehead atoms. The molecule has 0 atom stereocenters. The molecule has 72 valence electrons. The second-order valence-corrected chi connectivity index (χ2v) is 3.29. The third kappa shape index (κ3) is 3.74. The summed E-state index contributed by atoms with van der Waals surface area (Å²) in [6.45, 7) is 0. The first-order valence-electron chi connectivity index (χ1n) is 4.67. The van der Waals surface area contributed by atoms with Gasteiger partial charge < -0.3 is 5.11 Å². The Morgan fingerprint density at radius 1 is 0.800 bits per heavy atom. The molecular weight excluding hydrogens is 211 g/mol. The first kappa shape index (κ1) is 12.9. The van der Waals surface area contributed by atoms with Crippen LogP contribution in [0.1, 0.15) is 11.1 Å². The normalized spacial score (nSPS) is 9.33. The zero-order valence-corrected chi connectivity index (χ0v) is 7.85. The van der Waals surface area contributed by atoms with Crippen molar-refractivity contribution in [1.29, 1.82) is 0 Å². The Kier molecular flexibility index (Phi) is 5.57. The number of para-hydroxylation sites is 1. The average molecular weight is 224 g/mol. The van der Waals surface area contributed by atoms with E-state index in [1.54, 1.807) is 6.07 Å². The first-order chi connectivity index (χ1) is 6.86. The van der Waals surface area contributed by atoms with E-state index in [1.165, 1.54) is 5.56 Å². The summed E-state index contributed by atoms with van der Waals surface area (Å²) in [5.41, 5.74) is 2.19. The Morgan fingerprint density at radius 3 is 2.07 bits per heavy atom. The topological polar surface area (TPSA) is 20.2 Å². The van der Waals surface area contributed by atoms with Crippen LogP contribution in [0.25, 0.3) is 0 Å². The van der Waals surface area contributed by atoms with E-state index < -0.39 is 0 Å². The van der Waals surface area contributed by atoms with Crippen molar-refractivity contribution in [2.24, 2.45) is 0 Å². The van der Waals surface area contributed by atoms with Gasteiger partial charge in [-0.15, -0.1) is 0 Å². The van der Waals surface area contributed by atoms with Gasteiger partial charge in [-0.2, -0.15) is 0 Å². The number of benzene rings is 2. The predicted octanol–water partition coefficient (Wildman–Crippen LogP) is 2.33. The minimum atomic E-state index is 0. The van der Waals surface area contributed by atoms with E-state index in [1.807, 2.05) is 36.4 Å². The Morgan fingerprint density at radius 2 is 1.40 bits per heavy atom. The summed E-state index contributed by atoms with van der Waals surface area (Å²) in [5.74, 6) is 0.372. The van der Waals surface area contributed by atoms with Crippen LogP contribution in [0.2, 0.25) is 0 Å². The van der Waals surface area contributed by atoms with E-state index in [0.717, 1.165) is 12.0 Å². The third-order valence-corrected chi connectivity index (χ3v) is 2.23. The molecule has 2 heteroatoms. The van der Waals surface area contributed by atoms with Crippen LogP contribution in [-0.4, -0.2) is 56.5 Å². The summed E-state index contributed by atoms with van der Waals surface area (Å²) in [6.07, 6.45) is 0.785. The molecule has 0 aromatic heterocycles. The van der Waals surface area contributed by atoms with Crippen LogP contribution < -0.4 is 0 Å². The average Bonchev–Trinajstić information content (AvgIpc) is 2.23. The second kappa shape index (κ2) is 6.46. The van der Waals surface area contributed by atoms with Crippen molar-refractivity contribution >= 4 is 51.4 Å². The van der Waals surface area contributed by atoms with Gasteiger partial charge in [0.05, 0.1) is 0 Å². The van der Waals surface area contributed by atoms with Crippen molar-refractivity contribution in [3.63, 3.8) is 0 Å². The minimum absolute atomic E-state index is 0. The van der Waals surface area contributed by atoms with E-state index in [0.29, 0.717) is 5.75 Å². The van der Waals surface area contributed by atoms with Crippen molar-refractivity contribution in [1.82, 2.24) is 0 Å². The molecule has 0 saturated heterocycles. The molecule has 0 saturated carbocycles. The summed E-state index contributed by atoms with van der Waals surface area (Å²) in [4.78, 5) is 0. The molecule has 0 spiro atoms. The summed E-state index contributed by atoms with van der Waals surface area (Å²) >= 11 is 0. The van der Waals surface area contributed by atoms with E-state index in [9.17, 15) is 5.11 Å². The number of hydrogen-bond donors (Lipinski definition) is 1. The van der Waals surface area contributed by atoms with E-state index >= 15 is 0 Å². The van der Waals surface area contributed by atoms with Crippen LogP contribution in [0.4, 0.5) is 0 Å². The number of phenols is 1. The molecule has 0 fully saturated rings.